The first kappa shape index (κ1) is 15.3. The summed E-state index contributed by atoms with van der Waals surface area (Å²) in [7, 11) is 0. The Morgan fingerprint density at radius 2 is 2.09 bits per heavy atom. The molecule has 120 valence electrons. The van der Waals surface area contributed by atoms with Gasteiger partial charge in [0.15, 0.2) is 0 Å². The molecule has 1 aromatic heterocycles. The number of hydrogen-bond acceptors (Lipinski definition) is 3. The molecule has 1 aliphatic rings. The first-order valence-electron chi connectivity index (χ1n) is 7.70. The minimum absolute atomic E-state index is 0.0833. The van der Waals surface area contributed by atoms with Gasteiger partial charge in [0.2, 0.25) is 0 Å². The molecule has 2 N–H and O–H groups in total. The van der Waals surface area contributed by atoms with E-state index in [4.69, 9.17) is 4.74 Å². The molecule has 3 rings (SSSR count). The zero-order valence-electron chi connectivity index (χ0n) is 13.5. The third kappa shape index (κ3) is 2.86. The Morgan fingerprint density at radius 3 is 2.83 bits per heavy atom. The summed E-state index contributed by atoms with van der Waals surface area (Å²) in [5.74, 6) is 0.601. The van der Waals surface area contributed by atoms with Crippen molar-refractivity contribution in [3.8, 4) is 5.75 Å². The summed E-state index contributed by atoms with van der Waals surface area (Å²) in [6.45, 7) is 6.04. The molecule has 2 heterocycles. The predicted molar refractivity (Wildman–Crippen MR) is 88.1 cm³/mol. The number of amides is 1. The van der Waals surface area contributed by atoms with Gasteiger partial charge in [0, 0.05) is 23.2 Å². The SMILES string of the molecule is Cc1cc(C)c(C(=O)N[C@@H](C)[C@@H]2COc3ccccc32)c(=O)[nH]1. The highest BCUT2D eigenvalue weighted by Gasteiger charge is 2.30. The molecule has 0 spiro atoms. The molecule has 0 radical (unpaired) electrons. The lowest BCUT2D eigenvalue weighted by molar-refractivity contribution is 0.0930. The van der Waals surface area contributed by atoms with Crippen LogP contribution in [0.3, 0.4) is 0 Å². The summed E-state index contributed by atoms with van der Waals surface area (Å²) in [5.41, 5.74) is 2.34. The second-order valence-corrected chi connectivity index (χ2v) is 6.06. The van der Waals surface area contributed by atoms with E-state index in [-0.39, 0.29) is 29.0 Å². The zero-order valence-corrected chi connectivity index (χ0v) is 13.5. The first-order valence-corrected chi connectivity index (χ1v) is 7.70. The average Bonchev–Trinajstić information content (AvgIpc) is 2.89. The van der Waals surface area contributed by atoms with Crippen molar-refractivity contribution in [1.82, 2.24) is 10.3 Å². The number of hydrogen-bond donors (Lipinski definition) is 2. The number of carbonyl (C=O) groups is 1. The molecular weight excluding hydrogens is 292 g/mol. The van der Waals surface area contributed by atoms with Crippen LogP contribution in [-0.2, 0) is 0 Å². The summed E-state index contributed by atoms with van der Waals surface area (Å²) in [6.07, 6.45) is 0. The average molecular weight is 312 g/mol. The number of H-pyrrole nitrogens is 1. The molecule has 0 unspecified atom stereocenters. The van der Waals surface area contributed by atoms with Crippen molar-refractivity contribution in [2.24, 2.45) is 0 Å². The highest BCUT2D eigenvalue weighted by molar-refractivity contribution is 5.95. The van der Waals surface area contributed by atoms with Gasteiger partial charge in [-0.05, 0) is 38.5 Å². The fourth-order valence-corrected chi connectivity index (χ4v) is 3.12. The van der Waals surface area contributed by atoms with Gasteiger partial charge < -0.3 is 15.0 Å². The van der Waals surface area contributed by atoms with E-state index in [1.807, 2.05) is 31.2 Å². The van der Waals surface area contributed by atoms with Crippen LogP contribution in [0.1, 0.15) is 40.0 Å². The minimum Gasteiger partial charge on any atom is -0.493 e. The molecule has 5 nitrogen and oxygen atoms in total. The van der Waals surface area contributed by atoms with Crippen LogP contribution in [0.5, 0.6) is 5.75 Å². The Morgan fingerprint density at radius 1 is 1.35 bits per heavy atom. The van der Waals surface area contributed by atoms with Crippen LogP contribution in [-0.4, -0.2) is 23.5 Å². The Kier molecular flexibility index (Phi) is 3.94. The van der Waals surface area contributed by atoms with Crippen LogP contribution >= 0.6 is 0 Å². The number of aromatic nitrogens is 1. The number of aryl methyl sites for hydroxylation is 2. The first-order chi connectivity index (χ1) is 11.0. The topological polar surface area (TPSA) is 71.2 Å². The van der Waals surface area contributed by atoms with Gasteiger partial charge in [0.25, 0.3) is 11.5 Å². The van der Waals surface area contributed by atoms with Crippen molar-refractivity contribution in [2.75, 3.05) is 6.61 Å². The van der Waals surface area contributed by atoms with E-state index >= 15 is 0 Å². The van der Waals surface area contributed by atoms with Gasteiger partial charge >= 0.3 is 0 Å². The van der Waals surface area contributed by atoms with E-state index in [2.05, 4.69) is 10.3 Å². The second kappa shape index (κ2) is 5.91. The van der Waals surface area contributed by atoms with Crippen LogP contribution in [0.15, 0.2) is 35.1 Å². The molecule has 1 amide bonds. The molecule has 1 aromatic carbocycles. The maximum absolute atomic E-state index is 12.5. The quantitative estimate of drug-likeness (QED) is 0.913. The highest BCUT2D eigenvalue weighted by Crippen LogP contribution is 2.35. The standard InChI is InChI=1S/C18H20N2O3/c1-10-8-11(2)19-17(21)16(10)18(22)20-12(3)14-9-23-15-7-5-4-6-13(14)15/h4-8,12,14H,9H2,1-3H3,(H,19,21)(H,20,22)/t12-,14-/m0/s1. The van der Waals surface area contributed by atoms with Gasteiger partial charge in [-0.2, -0.15) is 0 Å². The lowest BCUT2D eigenvalue weighted by Gasteiger charge is -2.20. The number of ether oxygens (including phenoxy) is 1. The highest BCUT2D eigenvalue weighted by atomic mass is 16.5. The zero-order chi connectivity index (χ0) is 16.6. The molecule has 0 saturated heterocycles. The van der Waals surface area contributed by atoms with Crippen LogP contribution in [0.2, 0.25) is 0 Å². The summed E-state index contributed by atoms with van der Waals surface area (Å²) in [5, 5.41) is 2.94. The van der Waals surface area contributed by atoms with Crippen LogP contribution in [0, 0.1) is 13.8 Å². The molecule has 0 fully saturated rings. The van der Waals surface area contributed by atoms with Gasteiger partial charge in [-0.3, -0.25) is 9.59 Å². The third-order valence-corrected chi connectivity index (χ3v) is 4.29. The van der Waals surface area contributed by atoms with E-state index < -0.39 is 0 Å². The van der Waals surface area contributed by atoms with Crippen molar-refractivity contribution in [3.63, 3.8) is 0 Å². The number of para-hydroxylation sites is 1. The molecule has 2 aromatic rings. The van der Waals surface area contributed by atoms with Gasteiger partial charge in [0.05, 0.1) is 6.61 Å². The molecule has 2 atom stereocenters. The molecule has 0 bridgehead atoms. The number of rotatable bonds is 3. The predicted octanol–water partition coefficient (Wildman–Crippen LogP) is 2.29. The van der Waals surface area contributed by atoms with E-state index in [0.29, 0.717) is 12.2 Å². The number of fused-ring (bicyclic) bond motifs is 1. The number of carbonyl (C=O) groups excluding carboxylic acids is 1. The van der Waals surface area contributed by atoms with Crippen molar-refractivity contribution in [3.05, 3.63) is 63.1 Å². The molecule has 0 saturated carbocycles. The fourth-order valence-electron chi connectivity index (χ4n) is 3.12. The molecule has 23 heavy (non-hydrogen) atoms. The third-order valence-electron chi connectivity index (χ3n) is 4.29. The fraction of sp³-hybridized carbons (Fsp3) is 0.333. The van der Waals surface area contributed by atoms with Crippen molar-refractivity contribution in [1.29, 1.82) is 0 Å². The van der Waals surface area contributed by atoms with Gasteiger partial charge in [-0.25, -0.2) is 0 Å². The summed E-state index contributed by atoms with van der Waals surface area (Å²) < 4.78 is 5.66. The monoisotopic (exact) mass is 312 g/mol. The van der Waals surface area contributed by atoms with E-state index in [0.717, 1.165) is 17.0 Å². The van der Waals surface area contributed by atoms with Crippen LogP contribution in [0.25, 0.3) is 0 Å². The Labute approximate surface area is 134 Å². The number of benzene rings is 1. The number of pyridine rings is 1. The lowest BCUT2D eigenvalue weighted by Crippen LogP contribution is -2.40. The van der Waals surface area contributed by atoms with Crippen molar-refractivity contribution >= 4 is 5.91 Å². The molecule has 1 aliphatic heterocycles. The molecule has 5 heteroatoms. The lowest BCUT2D eigenvalue weighted by atomic mass is 9.94. The summed E-state index contributed by atoms with van der Waals surface area (Å²) >= 11 is 0. The molecule has 0 aliphatic carbocycles. The van der Waals surface area contributed by atoms with Gasteiger partial charge in [-0.1, -0.05) is 18.2 Å². The number of nitrogens with one attached hydrogen (secondary N) is 2. The maximum Gasteiger partial charge on any atom is 0.261 e. The van der Waals surface area contributed by atoms with E-state index in [1.165, 1.54) is 0 Å². The summed E-state index contributed by atoms with van der Waals surface area (Å²) in [6, 6.07) is 9.50. The smallest absolute Gasteiger partial charge is 0.261 e. The van der Waals surface area contributed by atoms with Crippen LogP contribution < -0.4 is 15.6 Å². The van der Waals surface area contributed by atoms with Gasteiger partial charge in [-0.15, -0.1) is 0 Å². The maximum atomic E-state index is 12.5. The second-order valence-electron chi connectivity index (χ2n) is 6.06. The normalized spacial score (nSPS) is 17.3. The number of aromatic amines is 1. The Bertz CT molecular complexity index is 810. The Hall–Kier alpha value is -2.56. The van der Waals surface area contributed by atoms with Gasteiger partial charge in [0.1, 0.15) is 11.3 Å². The largest absolute Gasteiger partial charge is 0.493 e. The minimum atomic E-state index is -0.352. The summed E-state index contributed by atoms with van der Waals surface area (Å²) in [4.78, 5) is 27.2. The van der Waals surface area contributed by atoms with Crippen LogP contribution in [0.4, 0.5) is 0 Å². The van der Waals surface area contributed by atoms with Crippen molar-refractivity contribution < 1.29 is 9.53 Å². The van der Waals surface area contributed by atoms with E-state index in [1.54, 1.807) is 19.9 Å². The van der Waals surface area contributed by atoms with Crippen molar-refractivity contribution in [2.45, 2.75) is 32.7 Å². The molecular formula is C18H20N2O3. The Balaban J connectivity index is 1.80. The van der Waals surface area contributed by atoms with E-state index in [9.17, 15) is 9.59 Å².